The van der Waals surface area contributed by atoms with Crippen molar-refractivity contribution in [3.05, 3.63) is 29.8 Å². The molecular formula is C12H13NO4. The van der Waals surface area contributed by atoms with Crippen molar-refractivity contribution in [3.8, 4) is 0 Å². The first kappa shape index (κ1) is 12.9. The molecule has 1 amide bonds. The van der Waals surface area contributed by atoms with Crippen LogP contribution in [0.25, 0.3) is 0 Å². The molecule has 1 rings (SSSR count). The normalized spacial score (nSPS) is 11.6. The highest BCUT2D eigenvalue weighted by Crippen LogP contribution is 2.11. The summed E-state index contributed by atoms with van der Waals surface area (Å²) in [4.78, 5) is 33.3. The fraction of sp³-hybridized carbons (Fsp3) is 0.250. The lowest BCUT2D eigenvalue weighted by molar-refractivity contribution is -0.149. The summed E-state index contributed by atoms with van der Waals surface area (Å²) in [6.07, 6.45) is 0. The van der Waals surface area contributed by atoms with Crippen LogP contribution in [0, 0.1) is 12.8 Å². The summed E-state index contributed by atoms with van der Waals surface area (Å²) in [6.45, 7) is 2.97. The molecule has 0 spiro atoms. The lowest BCUT2D eigenvalue weighted by Crippen LogP contribution is -2.34. The number of carboxylic acids is 1. The van der Waals surface area contributed by atoms with E-state index in [0.717, 1.165) is 12.5 Å². The van der Waals surface area contributed by atoms with Gasteiger partial charge in [0.2, 0.25) is 5.91 Å². The Morgan fingerprint density at radius 2 is 1.71 bits per heavy atom. The number of aryl methyl sites for hydroxylation is 1. The fourth-order valence-electron chi connectivity index (χ4n) is 1.32. The first-order valence-corrected chi connectivity index (χ1v) is 5.02. The number of Topliss-reactive ketones (excluding diaryl/α,β-unsaturated/α-hetero) is 1. The van der Waals surface area contributed by atoms with E-state index >= 15 is 0 Å². The summed E-state index contributed by atoms with van der Waals surface area (Å²) >= 11 is 0. The van der Waals surface area contributed by atoms with E-state index in [-0.39, 0.29) is 0 Å². The van der Waals surface area contributed by atoms with Gasteiger partial charge in [-0.15, -0.1) is 0 Å². The molecule has 2 N–H and O–H groups in total. The number of benzene rings is 1. The average molecular weight is 235 g/mol. The lowest BCUT2D eigenvalue weighted by atomic mass is 10.0. The van der Waals surface area contributed by atoms with Crippen LogP contribution >= 0.6 is 0 Å². The highest BCUT2D eigenvalue weighted by molar-refractivity contribution is 6.19. The Morgan fingerprint density at radius 1 is 1.18 bits per heavy atom. The Bertz CT molecular complexity index is 436. The van der Waals surface area contributed by atoms with Crippen molar-refractivity contribution < 1.29 is 19.5 Å². The summed E-state index contributed by atoms with van der Waals surface area (Å²) in [5.74, 6) is -4.62. The number of amides is 1. The maximum atomic E-state index is 11.6. The van der Waals surface area contributed by atoms with Crippen LogP contribution in [0.3, 0.4) is 0 Å². The minimum Gasteiger partial charge on any atom is -0.480 e. The van der Waals surface area contributed by atoms with E-state index in [4.69, 9.17) is 5.11 Å². The zero-order chi connectivity index (χ0) is 13.0. The van der Waals surface area contributed by atoms with Gasteiger partial charge >= 0.3 is 5.97 Å². The summed E-state index contributed by atoms with van der Waals surface area (Å²) in [6, 6.07) is 6.84. The van der Waals surface area contributed by atoms with E-state index < -0.39 is 23.6 Å². The average Bonchev–Trinajstić information content (AvgIpc) is 2.20. The fourth-order valence-corrected chi connectivity index (χ4v) is 1.32. The van der Waals surface area contributed by atoms with Crippen LogP contribution in [-0.4, -0.2) is 22.8 Å². The third kappa shape index (κ3) is 3.41. The molecule has 0 aromatic heterocycles. The molecule has 0 aliphatic carbocycles. The second-order valence-electron chi connectivity index (χ2n) is 3.74. The van der Waals surface area contributed by atoms with Crippen LogP contribution in [0.15, 0.2) is 24.3 Å². The number of rotatable bonds is 4. The van der Waals surface area contributed by atoms with Gasteiger partial charge in [-0.05, 0) is 26.0 Å². The molecule has 90 valence electrons. The van der Waals surface area contributed by atoms with Crippen molar-refractivity contribution in [1.29, 1.82) is 0 Å². The van der Waals surface area contributed by atoms with Crippen molar-refractivity contribution in [2.75, 3.05) is 5.32 Å². The largest absolute Gasteiger partial charge is 0.480 e. The summed E-state index contributed by atoms with van der Waals surface area (Å²) in [5, 5.41) is 11.1. The van der Waals surface area contributed by atoms with Gasteiger partial charge in [0.05, 0.1) is 0 Å². The van der Waals surface area contributed by atoms with Crippen LogP contribution < -0.4 is 5.32 Å². The Hall–Kier alpha value is -2.17. The maximum Gasteiger partial charge on any atom is 0.323 e. The van der Waals surface area contributed by atoms with Crippen molar-refractivity contribution in [3.63, 3.8) is 0 Å². The third-order valence-corrected chi connectivity index (χ3v) is 2.23. The minimum absolute atomic E-state index is 0.466. The van der Waals surface area contributed by atoms with E-state index in [2.05, 4.69) is 5.32 Å². The van der Waals surface area contributed by atoms with E-state index in [1.165, 1.54) is 0 Å². The van der Waals surface area contributed by atoms with Crippen LogP contribution in [0.1, 0.15) is 12.5 Å². The van der Waals surface area contributed by atoms with Gasteiger partial charge in [-0.2, -0.15) is 0 Å². The van der Waals surface area contributed by atoms with Gasteiger partial charge in [0, 0.05) is 5.69 Å². The van der Waals surface area contributed by atoms with Crippen LogP contribution in [0.2, 0.25) is 0 Å². The number of anilines is 1. The molecule has 1 aromatic rings. The molecule has 0 heterocycles. The highest BCUT2D eigenvalue weighted by Gasteiger charge is 2.30. The molecule has 0 saturated heterocycles. The molecule has 0 radical (unpaired) electrons. The number of carbonyl (C=O) groups excluding carboxylic acids is 2. The van der Waals surface area contributed by atoms with E-state index in [1.807, 2.05) is 6.92 Å². The standard InChI is InChI=1S/C12H13NO4/c1-7-3-5-9(6-4-7)13-11(15)10(8(2)14)12(16)17/h3-6,10H,1-2H3,(H,13,15)(H,16,17). The van der Waals surface area contributed by atoms with E-state index in [0.29, 0.717) is 5.69 Å². The van der Waals surface area contributed by atoms with E-state index in [1.54, 1.807) is 24.3 Å². The van der Waals surface area contributed by atoms with Crippen LogP contribution in [0.4, 0.5) is 5.69 Å². The van der Waals surface area contributed by atoms with E-state index in [9.17, 15) is 14.4 Å². The number of hydrogen-bond acceptors (Lipinski definition) is 3. The number of aliphatic carboxylic acids is 1. The number of hydrogen-bond donors (Lipinski definition) is 2. The van der Waals surface area contributed by atoms with Crippen LogP contribution in [0.5, 0.6) is 0 Å². The number of carbonyl (C=O) groups is 3. The molecule has 0 aliphatic rings. The van der Waals surface area contributed by atoms with Gasteiger partial charge in [0.1, 0.15) is 0 Å². The van der Waals surface area contributed by atoms with Crippen molar-refractivity contribution in [2.45, 2.75) is 13.8 Å². The second kappa shape index (κ2) is 5.25. The molecule has 0 fully saturated rings. The van der Waals surface area contributed by atoms with Crippen molar-refractivity contribution >= 4 is 23.3 Å². The minimum atomic E-state index is -1.66. The third-order valence-electron chi connectivity index (χ3n) is 2.23. The van der Waals surface area contributed by atoms with Gasteiger partial charge in [0.15, 0.2) is 11.7 Å². The topological polar surface area (TPSA) is 83.5 Å². The monoisotopic (exact) mass is 235 g/mol. The predicted octanol–water partition coefficient (Wildman–Crippen LogP) is 1.22. The molecule has 1 atom stereocenters. The van der Waals surface area contributed by atoms with Crippen LogP contribution in [-0.2, 0) is 14.4 Å². The zero-order valence-electron chi connectivity index (χ0n) is 9.56. The van der Waals surface area contributed by atoms with Gasteiger partial charge in [0.25, 0.3) is 0 Å². The number of nitrogens with one attached hydrogen (secondary N) is 1. The van der Waals surface area contributed by atoms with Gasteiger partial charge in [-0.1, -0.05) is 17.7 Å². The lowest BCUT2D eigenvalue weighted by Gasteiger charge is -2.09. The number of ketones is 1. The van der Waals surface area contributed by atoms with Gasteiger partial charge in [-0.25, -0.2) is 0 Å². The smallest absolute Gasteiger partial charge is 0.323 e. The number of carboxylic acid groups (broad SMARTS) is 1. The highest BCUT2D eigenvalue weighted by atomic mass is 16.4. The molecule has 5 heteroatoms. The first-order chi connectivity index (χ1) is 7.91. The van der Waals surface area contributed by atoms with Crippen molar-refractivity contribution in [1.82, 2.24) is 0 Å². The molecule has 0 bridgehead atoms. The van der Waals surface area contributed by atoms with Gasteiger partial charge < -0.3 is 10.4 Å². The maximum absolute atomic E-state index is 11.6. The summed E-state index contributed by atoms with van der Waals surface area (Å²) in [5.41, 5.74) is 1.48. The quantitative estimate of drug-likeness (QED) is 0.768. The molecule has 5 nitrogen and oxygen atoms in total. The molecule has 1 aromatic carbocycles. The van der Waals surface area contributed by atoms with Gasteiger partial charge in [-0.3, -0.25) is 14.4 Å². The Balaban J connectivity index is 2.80. The Kier molecular flexibility index (Phi) is 3.98. The second-order valence-corrected chi connectivity index (χ2v) is 3.74. The Morgan fingerprint density at radius 3 is 2.12 bits per heavy atom. The summed E-state index contributed by atoms with van der Waals surface area (Å²) in [7, 11) is 0. The molecule has 1 unspecified atom stereocenters. The molecule has 17 heavy (non-hydrogen) atoms. The predicted molar refractivity (Wildman–Crippen MR) is 61.6 cm³/mol. The Labute approximate surface area is 98.4 Å². The molecule has 0 aliphatic heterocycles. The SMILES string of the molecule is CC(=O)C(C(=O)O)C(=O)Nc1ccc(C)cc1. The molecule has 0 saturated carbocycles. The van der Waals surface area contributed by atoms with Crippen molar-refractivity contribution in [2.24, 2.45) is 5.92 Å². The summed E-state index contributed by atoms with van der Waals surface area (Å²) < 4.78 is 0. The first-order valence-electron chi connectivity index (χ1n) is 5.02. The molecular weight excluding hydrogens is 222 g/mol. The zero-order valence-corrected chi connectivity index (χ0v) is 9.56.